The van der Waals surface area contributed by atoms with Gasteiger partial charge in [-0.3, -0.25) is 4.79 Å². The van der Waals surface area contributed by atoms with Gasteiger partial charge in [-0.15, -0.1) is 0 Å². The van der Waals surface area contributed by atoms with Gasteiger partial charge in [0.1, 0.15) is 0 Å². The van der Waals surface area contributed by atoms with E-state index in [1.807, 2.05) is 27.7 Å². The molecule has 0 rings (SSSR count). The average Bonchev–Trinajstić information content (AvgIpc) is 2.00. The molecule has 0 aromatic carbocycles. The van der Waals surface area contributed by atoms with Crippen LogP contribution in [0.25, 0.3) is 0 Å². The molecular weight excluding hydrogens is 189 g/mol. The summed E-state index contributed by atoms with van der Waals surface area (Å²) in [5.41, 5.74) is 4.94. The largest absolute Gasteiger partial charge is 0.380 e. The number of rotatable bonds is 7. The molecule has 0 spiro atoms. The minimum absolute atomic E-state index is 0.0111. The van der Waals surface area contributed by atoms with E-state index in [4.69, 9.17) is 18.3 Å². The Bertz CT molecular complexity index is 215. The summed E-state index contributed by atoms with van der Waals surface area (Å²) < 4.78 is 5.57. The Labute approximate surface area is 94.2 Å². The minimum atomic E-state index is -0.290. The van der Waals surface area contributed by atoms with Gasteiger partial charge in [0.25, 0.3) is 0 Å². The molecule has 4 heteroatoms. The summed E-state index contributed by atoms with van der Waals surface area (Å²) in [5, 5.41) is 0. The Morgan fingerprint density at radius 1 is 1.20 bits per heavy atom. The summed E-state index contributed by atoms with van der Waals surface area (Å²) in [6, 6.07) is 0. The molecule has 86 valence electrons. The van der Waals surface area contributed by atoms with Crippen molar-refractivity contribution in [1.82, 2.24) is 0 Å². The van der Waals surface area contributed by atoms with E-state index in [9.17, 15) is 4.79 Å². The van der Waals surface area contributed by atoms with Gasteiger partial charge in [-0.25, -0.2) is 0 Å². The van der Waals surface area contributed by atoms with Crippen molar-refractivity contribution >= 4 is 13.8 Å². The third-order valence-corrected chi connectivity index (χ3v) is 2.19. The van der Waals surface area contributed by atoms with Gasteiger partial charge in [0.2, 0.25) is 5.91 Å². The molecule has 0 aromatic rings. The molecule has 0 saturated carbocycles. The summed E-state index contributed by atoms with van der Waals surface area (Å²) in [5.74, 6) is -0.290. The molecule has 0 aliphatic carbocycles. The van der Waals surface area contributed by atoms with E-state index in [0.29, 0.717) is 26.0 Å². The fourth-order valence-corrected chi connectivity index (χ4v) is 1.19. The molecule has 2 radical (unpaired) electrons. The van der Waals surface area contributed by atoms with Gasteiger partial charge in [-0.05, 0) is 10.8 Å². The van der Waals surface area contributed by atoms with Crippen LogP contribution in [0.5, 0.6) is 0 Å². The number of ether oxygens (including phenoxy) is 1. The molecule has 0 aliphatic heterocycles. The molecule has 2 N–H and O–H groups in total. The number of hydrogen-bond acceptors (Lipinski definition) is 2. The van der Waals surface area contributed by atoms with Gasteiger partial charge in [0.05, 0.1) is 21.1 Å². The lowest BCUT2D eigenvalue weighted by Gasteiger charge is -2.27. The van der Waals surface area contributed by atoms with Crippen molar-refractivity contribution in [3.05, 3.63) is 0 Å². The molecule has 0 saturated heterocycles. The quantitative estimate of drug-likeness (QED) is 0.649. The minimum Gasteiger partial charge on any atom is -0.380 e. The Kier molecular flexibility index (Phi) is 5.36. The first-order chi connectivity index (χ1) is 6.68. The lowest BCUT2D eigenvalue weighted by molar-refractivity contribution is -0.121. The summed E-state index contributed by atoms with van der Waals surface area (Å²) >= 11 is 0. The second-order valence-electron chi connectivity index (χ2n) is 5.67. The zero-order valence-corrected chi connectivity index (χ0v) is 10.3. The van der Waals surface area contributed by atoms with Crippen LogP contribution in [0.4, 0.5) is 0 Å². The van der Waals surface area contributed by atoms with Crippen molar-refractivity contribution in [1.29, 1.82) is 0 Å². The molecule has 0 atom stereocenters. The van der Waals surface area contributed by atoms with Crippen molar-refractivity contribution < 1.29 is 9.53 Å². The second-order valence-corrected chi connectivity index (χ2v) is 5.67. The van der Waals surface area contributed by atoms with Crippen molar-refractivity contribution in [2.45, 2.75) is 40.4 Å². The van der Waals surface area contributed by atoms with E-state index >= 15 is 0 Å². The van der Waals surface area contributed by atoms with Crippen molar-refractivity contribution in [3.63, 3.8) is 0 Å². The lowest BCUT2D eigenvalue weighted by Crippen LogP contribution is -2.29. The van der Waals surface area contributed by atoms with E-state index in [2.05, 4.69) is 0 Å². The number of amides is 1. The van der Waals surface area contributed by atoms with E-state index in [1.165, 1.54) is 0 Å². The first-order valence-electron chi connectivity index (χ1n) is 5.25. The topological polar surface area (TPSA) is 52.3 Å². The predicted molar refractivity (Wildman–Crippen MR) is 62.8 cm³/mol. The summed E-state index contributed by atoms with van der Waals surface area (Å²) in [7, 11) is 5.58. The van der Waals surface area contributed by atoms with E-state index in [0.717, 1.165) is 0 Å². The predicted octanol–water partition coefficient (Wildman–Crippen LogP) is 1.52. The molecule has 0 bridgehead atoms. The summed E-state index contributed by atoms with van der Waals surface area (Å²) in [4.78, 5) is 10.8. The maximum absolute atomic E-state index is 10.8. The highest BCUT2D eigenvalue weighted by Gasteiger charge is 2.23. The standard InChI is InChI=1S/C11H22BNO2/c1-10(2,5-9(13)14)7-15-8-11(3,4)6-12/h5-8H2,1-4H3,(H2,13,14). The van der Waals surface area contributed by atoms with Crippen LogP contribution in [0, 0.1) is 10.8 Å². The Morgan fingerprint density at radius 2 is 1.67 bits per heavy atom. The van der Waals surface area contributed by atoms with Crippen LogP contribution in [-0.2, 0) is 9.53 Å². The molecule has 0 aromatic heterocycles. The van der Waals surface area contributed by atoms with Crippen LogP contribution in [0.2, 0.25) is 6.32 Å². The normalized spacial score (nSPS) is 12.8. The third-order valence-electron chi connectivity index (χ3n) is 2.19. The summed E-state index contributed by atoms with van der Waals surface area (Å²) in [6.07, 6.45) is 0.930. The van der Waals surface area contributed by atoms with Gasteiger partial charge < -0.3 is 10.5 Å². The van der Waals surface area contributed by atoms with E-state index in [1.54, 1.807) is 0 Å². The number of nitrogens with two attached hydrogens (primary N) is 1. The van der Waals surface area contributed by atoms with Gasteiger partial charge in [-0.2, -0.15) is 0 Å². The highest BCUT2D eigenvalue weighted by Crippen LogP contribution is 2.24. The van der Waals surface area contributed by atoms with Gasteiger partial charge in [-0.1, -0.05) is 34.0 Å². The van der Waals surface area contributed by atoms with Gasteiger partial charge >= 0.3 is 0 Å². The van der Waals surface area contributed by atoms with E-state index < -0.39 is 0 Å². The monoisotopic (exact) mass is 211 g/mol. The Morgan fingerprint density at radius 3 is 2.07 bits per heavy atom. The van der Waals surface area contributed by atoms with Gasteiger partial charge in [0.15, 0.2) is 0 Å². The Hall–Kier alpha value is -0.505. The van der Waals surface area contributed by atoms with Crippen LogP contribution in [-0.4, -0.2) is 27.0 Å². The molecule has 0 aliphatic rings. The van der Waals surface area contributed by atoms with Crippen LogP contribution in [0.1, 0.15) is 34.1 Å². The number of carbonyl (C=O) groups excluding carboxylic acids is 1. The van der Waals surface area contributed by atoms with Crippen LogP contribution < -0.4 is 5.73 Å². The maximum atomic E-state index is 10.8. The van der Waals surface area contributed by atoms with Crippen LogP contribution in [0.15, 0.2) is 0 Å². The van der Waals surface area contributed by atoms with Crippen molar-refractivity contribution in [2.24, 2.45) is 16.6 Å². The molecule has 15 heavy (non-hydrogen) atoms. The molecule has 0 unspecified atom stereocenters. The third kappa shape index (κ3) is 7.43. The van der Waals surface area contributed by atoms with Gasteiger partial charge in [0, 0.05) is 6.42 Å². The fraction of sp³-hybridized carbons (Fsp3) is 0.909. The Balaban J connectivity index is 3.89. The maximum Gasteiger partial charge on any atom is 0.218 e. The van der Waals surface area contributed by atoms with E-state index in [-0.39, 0.29) is 16.7 Å². The molecule has 0 heterocycles. The average molecular weight is 211 g/mol. The highest BCUT2D eigenvalue weighted by atomic mass is 16.5. The molecule has 1 amide bonds. The lowest BCUT2D eigenvalue weighted by atomic mass is 9.80. The van der Waals surface area contributed by atoms with Crippen LogP contribution in [0.3, 0.4) is 0 Å². The number of carbonyl (C=O) groups is 1. The smallest absolute Gasteiger partial charge is 0.218 e. The molecule has 3 nitrogen and oxygen atoms in total. The van der Waals surface area contributed by atoms with Crippen molar-refractivity contribution in [2.75, 3.05) is 13.2 Å². The van der Waals surface area contributed by atoms with Crippen molar-refractivity contribution in [3.8, 4) is 0 Å². The fourth-order valence-electron chi connectivity index (χ4n) is 1.19. The number of hydrogen-bond donors (Lipinski definition) is 1. The highest BCUT2D eigenvalue weighted by molar-refractivity contribution is 6.08. The first-order valence-corrected chi connectivity index (χ1v) is 5.25. The molecular formula is C11H22BNO2. The zero-order valence-electron chi connectivity index (χ0n) is 10.3. The number of primary amides is 1. The molecule has 0 fully saturated rings. The summed E-state index contributed by atoms with van der Waals surface area (Å²) in [6.45, 7) is 9.16. The van der Waals surface area contributed by atoms with Crippen LogP contribution >= 0.6 is 0 Å². The first kappa shape index (κ1) is 14.5. The second kappa shape index (κ2) is 5.54. The SMILES string of the molecule is [B]CC(C)(C)COCC(C)(C)CC(N)=O. The zero-order chi connectivity index (χ0) is 12.1.